The number of piperidine rings is 1. The van der Waals surface area contributed by atoms with Gasteiger partial charge in [0.1, 0.15) is 5.58 Å². The number of anilines is 1. The number of benzene rings is 1. The smallest absolute Gasteiger partial charge is 0.336 e. The Morgan fingerprint density at radius 3 is 3.00 bits per heavy atom. The highest BCUT2D eigenvalue weighted by Gasteiger charge is 2.18. The minimum absolute atomic E-state index is 0.324. The summed E-state index contributed by atoms with van der Waals surface area (Å²) in [5.74, 6) is 0.672. The van der Waals surface area contributed by atoms with E-state index in [2.05, 4.69) is 17.1 Å². The molecule has 0 amide bonds. The van der Waals surface area contributed by atoms with Gasteiger partial charge in [-0.2, -0.15) is 0 Å². The first kappa shape index (κ1) is 15.0. The minimum Gasteiger partial charge on any atom is -0.423 e. The van der Waals surface area contributed by atoms with Gasteiger partial charge >= 0.3 is 5.63 Å². The molecule has 1 aliphatic rings. The SMILES string of the molecule is Cc1cc(=O)oc2cc(NC(=S)N3CCCC(C)C3)ccc12. The van der Waals surface area contributed by atoms with Crippen molar-refractivity contribution in [3.63, 3.8) is 0 Å². The summed E-state index contributed by atoms with van der Waals surface area (Å²) in [6.45, 7) is 6.15. The molecule has 1 N–H and O–H groups in total. The van der Waals surface area contributed by atoms with Crippen molar-refractivity contribution in [2.24, 2.45) is 5.92 Å². The summed E-state index contributed by atoms with van der Waals surface area (Å²) >= 11 is 5.51. The van der Waals surface area contributed by atoms with Gasteiger partial charge in [-0.1, -0.05) is 6.92 Å². The van der Waals surface area contributed by atoms with E-state index in [0.717, 1.165) is 34.8 Å². The predicted molar refractivity (Wildman–Crippen MR) is 93.4 cm³/mol. The number of rotatable bonds is 1. The average Bonchev–Trinajstić information content (AvgIpc) is 2.46. The van der Waals surface area contributed by atoms with Crippen LogP contribution in [0, 0.1) is 12.8 Å². The summed E-state index contributed by atoms with van der Waals surface area (Å²) in [6.07, 6.45) is 2.44. The van der Waals surface area contributed by atoms with Crippen molar-refractivity contribution < 1.29 is 4.42 Å². The molecule has 1 unspecified atom stereocenters. The van der Waals surface area contributed by atoms with Crippen LogP contribution in [0.3, 0.4) is 0 Å². The zero-order chi connectivity index (χ0) is 15.7. The molecular formula is C17H20N2O2S. The molecule has 0 radical (unpaired) electrons. The zero-order valence-electron chi connectivity index (χ0n) is 12.9. The van der Waals surface area contributed by atoms with E-state index in [1.807, 2.05) is 25.1 Å². The lowest BCUT2D eigenvalue weighted by Gasteiger charge is -2.33. The van der Waals surface area contributed by atoms with E-state index >= 15 is 0 Å². The Balaban J connectivity index is 1.82. The Morgan fingerprint density at radius 1 is 1.41 bits per heavy atom. The molecule has 3 rings (SSSR count). The number of nitrogens with one attached hydrogen (secondary N) is 1. The Morgan fingerprint density at radius 2 is 2.23 bits per heavy atom. The number of hydrogen-bond acceptors (Lipinski definition) is 3. The van der Waals surface area contributed by atoms with Gasteiger partial charge < -0.3 is 14.6 Å². The molecule has 0 saturated carbocycles. The van der Waals surface area contributed by atoms with Gasteiger partial charge in [0, 0.05) is 36.3 Å². The number of likely N-dealkylation sites (tertiary alicyclic amines) is 1. The van der Waals surface area contributed by atoms with E-state index in [1.54, 1.807) is 0 Å². The molecule has 0 spiro atoms. The number of thiocarbonyl (C=S) groups is 1. The minimum atomic E-state index is -0.324. The van der Waals surface area contributed by atoms with Gasteiger partial charge in [-0.25, -0.2) is 4.79 Å². The van der Waals surface area contributed by atoms with Crippen LogP contribution in [0.2, 0.25) is 0 Å². The Hall–Kier alpha value is -1.88. The van der Waals surface area contributed by atoms with Crippen LogP contribution in [0.15, 0.2) is 33.5 Å². The van der Waals surface area contributed by atoms with Crippen molar-refractivity contribution in [2.45, 2.75) is 26.7 Å². The highest BCUT2D eigenvalue weighted by molar-refractivity contribution is 7.80. The van der Waals surface area contributed by atoms with Crippen LogP contribution in [0.1, 0.15) is 25.3 Å². The molecule has 1 atom stereocenters. The highest BCUT2D eigenvalue weighted by Crippen LogP contribution is 2.22. The third-order valence-corrected chi connectivity index (χ3v) is 4.51. The summed E-state index contributed by atoms with van der Waals surface area (Å²) in [5.41, 5.74) is 2.04. The number of aryl methyl sites for hydroxylation is 1. The van der Waals surface area contributed by atoms with Crippen LogP contribution in [-0.4, -0.2) is 23.1 Å². The fourth-order valence-electron chi connectivity index (χ4n) is 2.98. The first-order chi connectivity index (χ1) is 10.5. The topological polar surface area (TPSA) is 45.5 Å². The van der Waals surface area contributed by atoms with E-state index in [0.29, 0.717) is 11.5 Å². The van der Waals surface area contributed by atoms with Gasteiger partial charge in [-0.15, -0.1) is 0 Å². The highest BCUT2D eigenvalue weighted by atomic mass is 32.1. The number of hydrogen-bond donors (Lipinski definition) is 1. The van der Waals surface area contributed by atoms with Gasteiger partial charge in [-0.3, -0.25) is 0 Å². The van der Waals surface area contributed by atoms with Crippen molar-refractivity contribution in [1.82, 2.24) is 4.90 Å². The first-order valence-electron chi connectivity index (χ1n) is 7.63. The quantitative estimate of drug-likeness (QED) is 0.644. The van der Waals surface area contributed by atoms with Crippen LogP contribution in [0.5, 0.6) is 0 Å². The second kappa shape index (κ2) is 6.08. The predicted octanol–water partition coefficient (Wildman–Crippen LogP) is 3.53. The van der Waals surface area contributed by atoms with E-state index in [-0.39, 0.29) is 5.63 Å². The average molecular weight is 316 g/mol. The van der Waals surface area contributed by atoms with Crippen molar-refractivity contribution in [1.29, 1.82) is 0 Å². The molecule has 22 heavy (non-hydrogen) atoms. The largest absolute Gasteiger partial charge is 0.423 e. The normalized spacial score (nSPS) is 18.5. The standard InChI is InChI=1S/C17H20N2O2S/c1-11-4-3-7-19(10-11)17(22)18-13-5-6-14-12(2)8-16(20)21-15(14)9-13/h5-6,8-9,11H,3-4,7,10H2,1-2H3,(H,18,22). The second-order valence-electron chi connectivity index (χ2n) is 6.08. The zero-order valence-corrected chi connectivity index (χ0v) is 13.7. The lowest BCUT2D eigenvalue weighted by molar-refractivity contribution is 0.276. The summed E-state index contributed by atoms with van der Waals surface area (Å²) in [4.78, 5) is 13.7. The van der Waals surface area contributed by atoms with Crippen LogP contribution < -0.4 is 10.9 Å². The Kier molecular flexibility index (Phi) is 4.16. The summed E-state index contributed by atoms with van der Waals surface area (Å²) in [6, 6.07) is 7.27. The fourth-order valence-corrected chi connectivity index (χ4v) is 3.26. The molecule has 0 bridgehead atoms. The van der Waals surface area contributed by atoms with Gasteiger partial charge in [0.2, 0.25) is 0 Å². The molecule has 1 aromatic carbocycles. The van der Waals surface area contributed by atoms with Crippen molar-refractivity contribution in [3.8, 4) is 0 Å². The van der Waals surface area contributed by atoms with Gasteiger partial charge in [0.15, 0.2) is 5.11 Å². The molecular weight excluding hydrogens is 296 g/mol. The summed E-state index contributed by atoms with van der Waals surface area (Å²) in [7, 11) is 0. The molecule has 1 aliphatic heterocycles. The maximum atomic E-state index is 11.5. The maximum absolute atomic E-state index is 11.5. The molecule has 2 aromatic rings. The molecule has 4 nitrogen and oxygen atoms in total. The first-order valence-corrected chi connectivity index (χ1v) is 8.04. The van der Waals surface area contributed by atoms with Gasteiger partial charge in [-0.05, 0) is 55.6 Å². The maximum Gasteiger partial charge on any atom is 0.336 e. The monoisotopic (exact) mass is 316 g/mol. The van der Waals surface area contributed by atoms with E-state index in [1.165, 1.54) is 18.9 Å². The van der Waals surface area contributed by atoms with E-state index < -0.39 is 0 Å². The van der Waals surface area contributed by atoms with Gasteiger partial charge in [0.25, 0.3) is 0 Å². The van der Waals surface area contributed by atoms with Crippen molar-refractivity contribution in [2.75, 3.05) is 18.4 Å². The number of nitrogens with zero attached hydrogens (tertiary/aromatic N) is 1. The third kappa shape index (κ3) is 3.14. The van der Waals surface area contributed by atoms with Crippen LogP contribution in [0.25, 0.3) is 11.0 Å². The lowest BCUT2D eigenvalue weighted by Crippen LogP contribution is -2.41. The van der Waals surface area contributed by atoms with E-state index in [4.69, 9.17) is 16.6 Å². The summed E-state index contributed by atoms with van der Waals surface area (Å²) in [5, 5.41) is 4.94. The Labute approximate surface area is 135 Å². The third-order valence-electron chi connectivity index (χ3n) is 4.15. The molecule has 1 saturated heterocycles. The molecule has 116 valence electrons. The summed E-state index contributed by atoms with van der Waals surface area (Å²) < 4.78 is 5.27. The van der Waals surface area contributed by atoms with Crippen LogP contribution in [0.4, 0.5) is 5.69 Å². The lowest BCUT2D eigenvalue weighted by atomic mass is 10.0. The Bertz CT molecular complexity index is 769. The van der Waals surface area contributed by atoms with Gasteiger partial charge in [0.05, 0.1) is 0 Å². The van der Waals surface area contributed by atoms with Crippen LogP contribution >= 0.6 is 12.2 Å². The number of fused-ring (bicyclic) bond motifs is 1. The van der Waals surface area contributed by atoms with Crippen molar-refractivity contribution >= 4 is 34.0 Å². The van der Waals surface area contributed by atoms with E-state index in [9.17, 15) is 4.79 Å². The molecule has 0 aliphatic carbocycles. The second-order valence-corrected chi connectivity index (χ2v) is 6.47. The fraction of sp³-hybridized carbons (Fsp3) is 0.412. The van der Waals surface area contributed by atoms with Crippen molar-refractivity contribution in [3.05, 3.63) is 40.2 Å². The molecule has 2 heterocycles. The van der Waals surface area contributed by atoms with Crippen LogP contribution in [-0.2, 0) is 0 Å². The molecule has 5 heteroatoms. The molecule has 1 aromatic heterocycles. The molecule has 1 fully saturated rings.